The number of hydrogen-bond acceptors (Lipinski definition) is 7. The van der Waals surface area contributed by atoms with Crippen LogP contribution in [-0.4, -0.2) is 63.1 Å². The maximum atomic E-state index is 14.8. The van der Waals surface area contributed by atoms with Crippen LogP contribution in [0.5, 0.6) is 0 Å². The molecule has 0 radical (unpaired) electrons. The van der Waals surface area contributed by atoms with Crippen molar-refractivity contribution in [3.63, 3.8) is 0 Å². The lowest BCUT2D eigenvalue weighted by Gasteiger charge is -2.19. The summed E-state index contributed by atoms with van der Waals surface area (Å²) in [5, 5.41) is 0. The second kappa shape index (κ2) is 20.6. The van der Waals surface area contributed by atoms with Gasteiger partial charge < -0.3 is 25.0 Å². The molecule has 0 aliphatic heterocycles. The Labute approximate surface area is 334 Å². The first-order chi connectivity index (χ1) is 26.3. The van der Waals surface area contributed by atoms with Crippen LogP contribution in [0.2, 0.25) is 0 Å². The van der Waals surface area contributed by atoms with E-state index in [-0.39, 0.29) is 43.0 Å². The zero-order valence-corrected chi connectivity index (χ0v) is 35.9. The topological polar surface area (TPSA) is 85.1 Å². The molecular weight excluding hydrogens is 709 g/mol. The molecule has 0 bridgehead atoms. The summed E-state index contributed by atoms with van der Waals surface area (Å²) in [6, 6.07) is 15.4. The van der Waals surface area contributed by atoms with Gasteiger partial charge in [-0.05, 0) is 186 Å². The molecule has 9 heteroatoms. The number of halogens is 2. The van der Waals surface area contributed by atoms with Gasteiger partial charge in [0.25, 0.3) is 0 Å². The van der Waals surface area contributed by atoms with Crippen molar-refractivity contribution in [2.24, 2.45) is 5.73 Å². The number of hydrogen-bond donors (Lipinski definition) is 1. The van der Waals surface area contributed by atoms with Gasteiger partial charge >= 0.3 is 11.9 Å². The molecule has 0 saturated heterocycles. The van der Waals surface area contributed by atoms with E-state index in [0.29, 0.717) is 28.9 Å². The molecule has 4 aromatic carbocycles. The van der Waals surface area contributed by atoms with Crippen LogP contribution in [0.1, 0.15) is 101 Å². The highest BCUT2D eigenvalue weighted by Crippen LogP contribution is 2.36. The van der Waals surface area contributed by atoms with E-state index in [9.17, 15) is 18.4 Å². The first-order valence-electron chi connectivity index (χ1n) is 19.4. The Balaban J connectivity index is 0.000000300. The average molecular weight is 772 g/mol. The second-order valence-electron chi connectivity index (χ2n) is 15.6. The van der Waals surface area contributed by atoms with Crippen LogP contribution in [-0.2, 0) is 32.2 Å². The van der Waals surface area contributed by atoms with Gasteiger partial charge in [0.05, 0.1) is 26.1 Å². The average Bonchev–Trinajstić information content (AvgIpc) is 3.06. The molecule has 0 unspecified atom stereocenters. The minimum absolute atomic E-state index is 0.0482. The molecule has 2 atom stereocenters. The van der Waals surface area contributed by atoms with E-state index >= 15 is 0 Å². The summed E-state index contributed by atoms with van der Waals surface area (Å²) in [5.74, 6) is -1.55. The van der Waals surface area contributed by atoms with Crippen LogP contribution in [0, 0.1) is 53.2 Å². The van der Waals surface area contributed by atoms with Gasteiger partial charge in [0.15, 0.2) is 0 Å². The Morgan fingerprint density at radius 2 is 0.946 bits per heavy atom. The molecule has 0 amide bonds. The standard InChI is InChI=1S/C24H32FNO2.C23H31FN2O2/c1-8-28-22(27)12-15(2)21-13-20(11-18(5)24(21)25)23-16(3)9-19(10-17(23)4)14-26(6)7;1-7-28-21(27)12-20(25)19-11-18(10-16(4)23(19)24)22-14(2)8-17(9-15(22)3)13-26(5)6/h9-11,13,15H,8,12,14H2,1-7H3;8-11,20H,7,12-13,25H2,1-6H3/t15-;20-/m00/s1. The summed E-state index contributed by atoms with van der Waals surface area (Å²) in [6.45, 7) is 19.6. The van der Waals surface area contributed by atoms with Crippen LogP contribution in [0.25, 0.3) is 22.3 Å². The monoisotopic (exact) mass is 771 g/mol. The first-order valence-corrected chi connectivity index (χ1v) is 19.4. The Hall–Kier alpha value is -4.44. The number of aryl methyl sites for hydroxylation is 6. The van der Waals surface area contributed by atoms with Gasteiger partial charge in [-0.2, -0.15) is 0 Å². The minimum Gasteiger partial charge on any atom is -0.466 e. The number of rotatable bonds is 14. The molecule has 0 spiro atoms. The van der Waals surface area contributed by atoms with Crippen LogP contribution in [0.15, 0.2) is 48.5 Å². The normalized spacial score (nSPS) is 12.3. The lowest BCUT2D eigenvalue weighted by atomic mass is 9.88. The van der Waals surface area contributed by atoms with Crippen molar-refractivity contribution in [2.75, 3.05) is 41.4 Å². The summed E-state index contributed by atoms with van der Waals surface area (Å²) in [7, 11) is 8.19. The van der Waals surface area contributed by atoms with Crippen molar-refractivity contribution >= 4 is 11.9 Å². The molecule has 4 rings (SSSR count). The van der Waals surface area contributed by atoms with Crippen LogP contribution in [0.4, 0.5) is 8.78 Å². The highest BCUT2D eigenvalue weighted by molar-refractivity contribution is 5.75. The van der Waals surface area contributed by atoms with Crippen LogP contribution < -0.4 is 5.73 Å². The Kier molecular flexibility index (Phi) is 16.9. The Morgan fingerprint density at radius 3 is 1.32 bits per heavy atom. The minimum atomic E-state index is -0.744. The molecule has 2 N–H and O–H groups in total. The molecule has 0 fully saturated rings. The lowest BCUT2D eigenvalue weighted by Crippen LogP contribution is -2.19. The van der Waals surface area contributed by atoms with Crippen molar-refractivity contribution < 1.29 is 27.8 Å². The number of nitrogens with zero attached hydrogens (tertiary/aromatic N) is 2. The summed E-state index contributed by atoms with van der Waals surface area (Å²) in [5.41, 5.74) is 19.4. The number of esters is 2. The van der Waals surface area contributed by atoms with Gasteiger partial charge in [0, 0.05) is 24.7 Å². The molecular formula is C47H63F2N3O4. The fourth-order valence-corrected chi connectivity index (χ4v) is 7.53. The first kappa shape index (κ1) is 45.9. The number of carbonyl (C=O) groups is 2. The highest BCUT2D eigenvalue weighted by atomic mass is 19.1. The van der Waals surface area contributed by atoms with Crippen molar-refractivity contribution in [3.8, 4) is 22.3 Å². The second-order valence-corrected chi connectivity index (χ2v) is 15.6. The van der Waals surface area contributed by atoms with Gasteiger partial charge in [-0.1, -0.05) is 31.2 Å². The summed E-state index contributed by atoms with van der Waals surface area (Å²) >= 11 is 0. The predicted octanol–water partition coefficient (Wildman–Crippen LogP) is 9.97. The maximum Gasteiger partial charge on any atom is 0.307 e. The quantitative estimate of drug-likeness (QED) is 0.128. The fraction of sp³-hybridized carbons (Fsp3) is 0.447. The SMILES string of the molecule is CCOC(=O)C[C@H](C)c1cc(-c2c(C)cc(CN(C)C)cc2C)cc(C)c1F.CCOC(=O)C[C@H](N)c1cc(-c2c(C)cc(CN(C)C)cc2C)cc(C)c1F. The van der Waals surface area contributed by atoms with Gasteiger partial charge in [-0.25, -0.2) is 8.78 Å². The zero-order chi connectivity index (χ0) is 42.0. The van der Waals surface area contributed by atoms with Gasteiger partial charge in [-0.15, -0.1) is 0 Å². The van der Waals surface area contributed by atoms with E-state index in [1.54, 1.807) is 33.8 Å². The third-order valence-electron chi connectivity index (χ3n) is 9.73. The Bertz CT molecular complexity index is 1820. The van der Waals surface area contributed by atoms with E-state index < -0.39 is 12.0 Å². The molecule has 304 valence electrons. The molecule has 56 heavy (non-hydrogen) atoms. The van der Waals surface area contributed by atoms with Crippen LogP contribution in [0.3, 0.4) is 0 Å². The van der Waals surface area contributed by atoms with Gasteiger partial charge in [0.2, 0.25) is 0 Å². The number of nitrogens with two attached hydrogens (primary N) is 1. The number of benzene rings is 4. The number of carbonyl (C=O) groups excluding carboxylic acids is 2. The molecule has 0 aromatic heterocycles. The van der Waals surface area contributed by atoms with E-state index in [4.69, 9.17) is 15.2 Å². The third-order valence-corrected chi connectivity index (χ3v) is 9.73. The van der Waals surface area contributed by atoms with E-state index in [0.717, 1.165) is 46.5 Å². The van der Waals surface area contributed by atoms with E-state index in [2.05, 4.69) is 75.9 Å². The molecule has 0 aliphatic carbocycles. The van der Waals surface area contributed by atoms with Crippen molar-refractivity contribution in [1.82, 2.24) is 9.80 Å². The molecule has 4 aromatic rings. The lowest BCUT2D eigenvalue weighted by molar-refractivity contribution is -0.144. The summed E-state index contributed by atoms with van der Waals surface area (Å²) in [6.07, 6.45) is 0.126. The van der Waals surface area contributed by atoms with Crippen molar-refractivity contribution in [2.45, 2.75) is 100 Å². The van der Waals surface area contributed by atoms with Crippen LogP contribution >= 0.6 is 0 Å². The smallest absolute Gasteiger partial charge is 0.307 e. The van der Waals surface area contributed by atoms with Gasteiger partial charge in [-0.3, -0.25) is 9.59 Å². The highest BCUT2D eigenvalue weighted by Gasteiger charge is 2.22. The fourth-order valence-electron chi connectivity index (χ4n) is 7.53. The number of ether oxygens (including phenoxy) is 2. The summed E-state index contributed by atoms with van der Waals surface area (Å²) in [4.78, 5) is 27.9. The zero-order valence-electron chi connectivity index (χ0n) is 35.9. The van der Waals surface area contributed by atoms with Crippen molar-refractivity contribution in [3.05, 3.63) is 116 Å². The van der Waals surface area contributed by atoms with Gasteiger partial charge in [0.1, 0.15) is 11.6 Å². The molecule has 0 heterocycles. The molecule has 7 nitrogen and oxygen atoms in total. The molecule has 0 aliphatic rings. The van der Waals surface area contributed by atoms with E-state index in [1.165, 1.54) is 22.3 Å². The predicted molar refractivity (Wildman–Crippen MR) is 225 cm³/mol. The maximum absolute atomic E-state index is 14.8. The Morgan fingerprint density at radius 1 is 0.589 bits per heavy atom. The third kappa shape index (κ3) is 12.3. The largest absolute Gasteiger partial charge is 0.466 e. The molecule has 0 saturated carbocycles. The summed E-state index contributed by atoms with van der Waals surface area (Å²) < 4.78 is 39.6. The van der Waals surface area contributed by atoms with E-state index in [1.807, 2.05) is 39.2 Å². The van der Waals surface area contributed by atoms with Crippen molar-refractivity contribution in [1.29, 1.82) is 0 Å².